The number of hydrogen-bond acceptors (Lipinski definition) is 2. The largest absolute Gasteiger partial charge is 0.366 e. The second-order valence-corrected chi connectivity index (χ2v) is 6.46. The van der Waals surface area contributed by atoms with Gasteiger partial charge < -0.3 is 10.6 Å². The minimum Gasteiger partial charge on any atom is -0.366 e. The molecule has 104 valence electrons. The van der Waals surface area contributed by atoms with Gasteiger partial charge in [0, 0.05) is 19.1 Å². The minimum atomic E-state index is -0.144. The van der Waals surface area contributed by atoms with E-state index in [0.29, 0.717) is 17.1 Å². The zero-order valence-corrected chi connectivity index (χ0v) is 12.6. The number of halogens is 2. The molecule has 1 aliphatic heterocycles. The van der Waals surface area contributed by atoms with Crippen molar-refractivity contribution in [2.24, 2.45) is 11.7 Å². The van der Waals surface area contributed by atoms with E-state index in [2.05, 4.69) is 20.8 Å². The average Bonchev–Trinajstić information content (AvgIpc) is 2.86. The maximum Gasteiger partial charge on any atom is 0.160 e. The first-order valence-electron chi connectivity index (χ1n) is 7.16. The Morgan fingerprint density at radius 3 is 2.84 bits per heavy atom. The van der Waals surface area contributed by atoms with Gasteiger partial charge in [0.1, 0.15) is 0 Å². The molecule has 0 radical (unpaired) electrons. The molecule has 3 rings (SSSR count). The van der Waals surface area contributed by atoms with Crippen LogP contribution in [0.2, 0.25) is 0 Å². The predicted octanol–water partition coefficient (Wildman–Crippen LogP) is 3.82. The highest BCUT2D eigenvalue weighted by molar-refractivity contribution is 9.10. The number of benzene rings is 1. The zero-order valence-electron chi connectivity index (χ0n) is 11.0. The Kier molecular flexibility index (Phi) is 3.81. The maximum absolute atomic E-state index is 14.5. The first kappa shape index (κ1) is 13.4. The first-order chi connectivity index (χ1) is 9.22. The fraction of sp³-hybridized carbons (Fsp3) is 0.600. The van der Waals surface area contributed by atoms with E-state index >= 15 is 0 Å². The van der Waals surface area contributed by atoms with Crippen LogP contribution in [0.1, 0.15) is 37.7 Å². The number of fused-ring (bicyclic) bond motifs is 1. The Morgan fingerprint density at radius 2 is 2.05 bits per heavy atom. The summed E-state index contributed by atoms with van der Waals surface area (Å²) in [5.41, 5.74) is 7.20. The Hall–Kier alpha value is -0.610. The molecule has 2 atom stereocenters. The van der Waals surface area contributed by atoms with Crippen LogP contribution in [-0.2, 0) is 6.54 Å². The first-order valence-corrected chi connectivity index (χ1v) is 7.95. The van der Waals surface area contributed by atoms with Gasteiger partial charge in [-0.1, -0.05) is 18.9 Å². The standard InChI is InChI=1S/C15H20BrFN2/c16-14-11(9-18)5-6-13(15(14)17)19-8-7-10-3-1-2-4-12(10)19/h5-6,10,12H,1-4,7-9,18H2. The lowest BCUT2D eigenvalue weighted by Gasteiger charge is -2.33. The van der Waals surface area contributed by atoms with Crippen LogP contribution in [-0.4, -0.2) is 12.6 Å². The molecular formula is C15H20BrFN2. The highest BCUT2D eigenvalue weighted by atomic mass is 79.9. The van der Waals surface area contributed by atoms with E-state index < -0.39 is 0 Å². The minimum absolute atomic E-state index is 0.144. The summed E-state index contributed by atoms with van der Waals surface area (Å²) in [4.78, 5) is 2.28. The van der Waals surface area contributed by atoms with Crippen molar-refractivity contribution in [3.8, 4) is 0 Å². The van der Waals surface area contributed by atoms with Gasteiger partial charge in [-0.05, 0) is 52.7 Å². The van der Waals surface area contributed by atoms with Crippen LogP contribution >= 0.6 is 15.9 Å². The molecule has 0 aromatic heterocycles. The van der Waals surface area contributed by atoms with Crippen molar-refractivity contribution in [1.29, 1.82) is 0 Å². The van der Waals surface area contributed by atoms with E-state index in [1.807, 2.05) is 12.1 Å². The van der Waals surface area contributed by atoms with Crippen LogP contribution in [0.3, 0.4) is 0 Å². The Morgan fingerprint density at radius 1 is 1.26 bits per heavy atom. The van der Waals surface area contributed by atoms with Crippen molar-refractivity contribution in [3.63, 3.8) is 0 Å². The van der Waals surface area contributed by atoms with Crippen molar-refractivity contribution in [2.75, 3.05) is 11.4 Å². The molecule has 0 amide bonds. The number of nitrogens with two attached hydrogens (primary N) is 1. The van der Waals surface area contributed by atoms with Gasteiger partial charge in [-0.15, -0.1) is 0 Å². The summed E-state index contributed by atoms with van der Waals surface area (Å²) in [7, 11) is 0. The fourth-order valence-electron chi connectivity index (χ4n) is 3.66. The molecule has 2 N–H and O–H groups in total. The summed E-state index contributed by atoms with van der Waals surface area (Å²) >= 11 is 3.34. The molecule has 1 aromatic carbocycles. The lowest BCUT2D eigenvalue weighted by molar-refractivity contribution is 0.341. The van der Waals surface area contributed by atoms with Crippen molar-refractivity contribution in [3.05, 3.63) is 28.0 Å². The van der Waals surface area contributed by atoms with Crippen LogP contribution in [0.25, 0.3) is 0 Å². The third-order valence-electron chi connectivity index (χ3n) is 4.68. The molecule has 1 heterocycles. The highest BCUT2D eigenvalue weighted by Crippen LogP contribution is 2.41. The van der Waals surface area contributed by atoms with Crippen LogP contribution in [0.15, 0.2) is 16.6 Å². The normalized spacial score (nSPS) is 26.6. The van der Waals surface area contributed by atoms with Crippen molar-refractivity contribution < 1.29 is 4.39 Å². The molecule has 1 aliphatic carbocycles. The topological polar surface area (TPSA) is 29.3 Å². The summed E-state index contributed by atoms with van der Waals surface area (Å²) in [6.07, 6.45) is 6.35. The van der Waals surface area contributed by atoms with Crippen LogP contribution < -0.4 is 10.6 Å². The van der Waals surface area contributed by atoms with Crippen molar-refractivity contribution in [1.82, 2.24) is 0 Å². The van der Waals surface area contributed by atoms with Crippen LogP contribution in [0.5, 0.6) is 0 Å². The number of anilines is 1. The predicted molar refractivity (Wildman–Crippen MR) is 79.7 cm³/mol. The second-order valence-electron chi connectivity index (χ2n) is 5.67. The Bertz CT molecular complexity index is 477. The Balaban J connectivity index is 1.92. The van der Waals surface area contributed by atoms with Crippen molar-refractivity contribution >= 4 is 21.6 Å². The number of hydrogen-bond donors (Lipinski definition) is 1. The molecule has 2 nitrogen and oxygen atoms in total. The monoisotopic (exact) mass is 326 g/mol. The molecule has 1 saturated carbocycles. The number of nitrogens with zero attached hydrogens (tertiary/aromatic N) is 1. The van der Waals surface area contributed by atoms with E-state index in [4.69, 9.17) is 5.73 Å². The third kappa shape index (κ3) is 2.29. The van der Waals surface area contributed by atoms with Crippen LogP contribution in [0, 0.1) is 11.7 Å². The molecule has 0 bridgehead atoms. The van der Waals surface area contributed by atoms with E-state index in [0.717, 1.165) is 23.7 Å². The van der Waals surface area contributed by atoms with Gasteiger partial charge in [0.25, 0.3) is 0 Å². The molecule has 4 heteroatoms. The molecule has 2 fully saturated rings. The van der Waals surface area contributed by atoms with Gasteiger partial charge in [-0.25, -0.2) is 4.39 Å². The summed E-state index contributed by atoms with van der Waals surface area (Å²) in [6.45, 7) is 1.35. The van der Waals surface area contributed by atoms with Gasteiger partial charge >= 0.3 is 0 Å². The van der Waals surface area contributed by atoms with Gasteiger partial charge in [-0.3, -0.25) is 0 Å². The summed E-state index contributed by atoms with van der Waals surface area (Å²) in [5, 5.41) is 0. The highest BCUT2D eigenvalue weighted by Gasteiger charge is 2.36. The molecule has 2 unspecified atom stereocenters. The Labute approximate surface area is 122 Å². The van der Waals surface area contributed by atoms with E-state index in [1.165, 1.54) is 32.1 Å². The molecule has 19 heavy (non-hydrogen) atoms. The van der Waals surface area contributed by atoms with Gasteiger partial charge in [0.2, 0.25) is 0 Å². The molecular weight excluding hydrogens is 307 g/mol. The smallest absolute Gasteiger partial charge is 0.160 e. The van der Waals surface area contributed by atoms with E-state index in [-0.39, 0.29) is 5.82 Å². The average molecular weight is 327 g/mol. The van der Waals surface area contributed by atoms with E-state index in [1.54, 1.807) is 0 Å². The van der Waals surface area contributed by atoms with Gasteiger partial charge in [-0.2, -0.15) is 0 Å². The lowest BCUT2D eigenvalue weighted by atomic mass is 9.85. The SMILES string of the molecule is NCc1ccc(N2CCC3CCCCC32)c(F)c1Br. The second kappa shape index (κ2) is 5.41. The summed E-state index contributed by atoms with van der Waals surface area (Å²) in [6, 6.07) is 4.39. The number of rotatable bonds is 2. The molecule has 0 spiro atoms. The quantitative estimate of drug-likeness (QED) is 0.895. The van der Waals surface area contributed by atoms with Gasteiger partial charge in [0.05, 0.1) is 10.2 Å². The van der Waals surface area contributed by atoms with Crippen molar-refractivity contribution in [2.45, 2.75) is 44.7 Å². The third-order valence-corrected chi connectivity index (χ3v) is 5.54. The summed E-state index contributed by atoms with van der Waals surface area (Å²) in [5.74, 6) is 0.621. The van der Waals surface area contributed by atoms with E-state index in [9.17, 15) is 4.39 Å². The van der Waals surface area contributed by atoms with Gasteiger partial charge in [0.15, 0.2) is 5.82 Å². The fourth-order valence-corrected chi connectivity index (χ4v) is 4.16. The molecule has 1 aromatic rings. The van der Waals surface area contributed by atoms with Crippen LogP contribution in [0.4, 0.5) is 10.1 Å². The zero-order chi connectivity index (χ0) is 13.4. The molecule has 2 aliphatic rings. The lowest BCUT2D eigenvalue weighted by Crippen LogP contribution is -2.35. The summed E-state index contributed by atoms with van der Waals surface area (Å²) < 4.78 is 15.0. The maximum atomic E-state index is 14.5. The molecule has 1 saturated heterocycles.